The lowest BCUT2D eigenvalue weighted by molar-refractivity contribution is 0.177. The second-order valence-corrected chi connectivity index (χ2v) is 4.99. The van der Waals surface area contributed by atoms with Crippen LogP contribution in [0.5, 0.6) is 0 Å². The number of aliphatic hydroxyl groups excluding tert-OH is 1. The molecule has 0 fully saturated rings. The van der Waals surface area contributed by atoms with Gasteiger partial charge in [0.1, 0.15) is 0 Å². The van der Waals surface area contributed by atoms with E-state index in [1.807, 2.05) is 19.3 Å². The van der Waals surface area contributed by atoms with Gasteiger partial charge < -0.3 is 5.11 Å². The van der Waals surface area contributed by atoms with Crippen LogP contribution in [0.15, 0.2) is 24.4 Å². The van der Waals surface area contributed by atoms with Crippen LogP contribution in [0.4, 0.5) is 0 Å². The second-order valence-electron chi connectivity index (χ2n) is 4.99. The largest absolute Gasteiger partial charge is 0.388 e. The van der Waals surface area contributed by atoms with Crippen molar-refractivity contribution in [1.82, 2.24) is 15.0 Å². The SMILES string of the molecule is Cn1cc(CC(O)c2ccc3c(c2)CCC3)nn1. The van der Waals surface area contributed by atoms with Gasteiger partial charge in [-0.05, 0) is 36.0 Å². The molecule has 0 amide bonds. The standard InChI is InChI=1S/C14H17N3O/c1-17-9-13(15-16-17)8-14(18)12-6-5-10-3-2-4-11(10)7-12/h5-7,9,14,18H,2-4,8H2,1H3. The summed E-state index contributed by atoms with van der Waals surface area (Å²) in [6.45, 7) is 0. The van der Waals surface area contributed by atoms with Crippen molar-refractivity contribution in [3.05, 3.63) is 46.8 Å². The van der Waals surface area contributed by atoms with Gasteiger partial charge in [0.15, 0.2) is 0 Å². The van der Waals surface area contributed by atoms with E-state index in [2.05, 4.69) is 22.4 Å². The average Bonchev–Trinajstić information content (AvgIpc) is 2.96. The van der Waals surface area contributed by atoms with Gasteiger partial charge in [0.25, 0.3) is 0 Å². The van der Waals surface area contributed by atoms with E-state index in [0.717, 1.165) is 17.7 Å². The topological polar surface area (TPSA) is 50.9 Å². The van der Waals surface area contributed by atoms with E-state index >= 15 is 0 Å². The molecule has 1 aromatic carbocycles. The molecule has 0 spiro atoms. The predicted octanol–water partition coefficient (Wildman–Crippen LogP) is 1.58. The van der Waals surface area contributed by atoms with E-state index < -0.39 is 6.10 Å². The highest BCUT2D eigenvalue weighted by Gasteiger charge is 2.15. The molecule has 1 aromatic heterocycles. The highest BCUT2D eigenvalue weighted by atomic mass is 16.3. The van der Waals surface area contributed by atoms with E-state index in [9.17, 15) is 5.11 Å². The molecule has 1 N–H and O–H groups in total. The quantitative estimate of drug-likeness (QED) is 0.890. The average molecular weight is 243 g/mol. The van der Waals surface area contributed by atoms with Crippen molar-refractivity contribution in [3.8, 4) is 0 Å². The number of hydrogen-bond donors (Lipinski definition) is 1. The summed E-state index contributed by atoms with van der Waals surface area (Å²) in [7, 11) is 1.83. The second kappa shape index (κ2) is 4.53. The third kappa shape index (κ3) is 2.16. The summed E-state index contributed by atoms with van der Waals surface area (Å²) in [4.78, 5) is 0. The van der Waals surface area contributed by atoms with Crippen molar-refractivity contribution in [3.63, 3.8) is 0 Å². The molecule has 2 aromatic rings. The van der Waals surface area contributed by atoms with Crippen LogP contribution in [-0.2, 0) is 26.3 Å². The van der Waals surface area contributed by atoms with Crippen molar-refractivity contribution >= 4 is 0 Å². The summed E-state index contributed by atoms with van der Waals surface area (Å²) in [5.41, 5.74) is 4.64. The molecule has 1 aliphatic rings. The summed E-state index contributed by atoms with van der Waals surface area (Å²) >= 11 is 0. The maximum Gasteiger partial charge on any atom is 0.0856 e. The number of aryl methyl sites for hydroxylation is 3. The van der Waals surface area contributed by atoms with Gasteiger partial charge in [-0.2, -0.15) is 0 Å². The third-order valence-electron chi connectivity index (χ3n) is 3.56. The first-order valence-corrected chi connectivity index (χ1v) is 6.37. The van der Waals surface area contributed by atoms with E-state index in [1.165, 1.54) is 24.0 Å². The summed E-state index contributed by atoms with van der Waals surface area (Å²) in [6, 6.07) is 6.33. The number of rotatable bonds is 3. The van der Waals surface area contributed by atoms with Crippen LogP contribution in [-0.4, -0.2) is 20.1 Å². The highest BCUT2D eigenvalue weighted by Crippen LogP contribution is 2.26. The van der Waals surface area contributed by atoms with Crippen molar-refractivity contribution in [2.24, 2.45) is 7.05 Å². The predicted molar refractivity (Wildman–Crippen MR) is 68.1 cm³/mol. The summed E-state index contributed by atoms with van der Waals surface area (Å²) in [5.74, 6) is 0. The third-order valence-corrected chi connectivity index (χ3v) is 3.56. The number of aromatic nitrogens is 3. The fourth-order valence-corrected chi connectivity index (χ4v) is 2.60. The van der Waals surface area contributed by atoms with E-state index in [1.54, 1.807) is 4.68 Å². The fourth-order valence-electron chi connectivity index (χ4n) is 2.60. The summed E-state index contributed by atoms with van der Waals surface area (Å²) < 4.78 is 1.66. The summed E-state index contributed by atoms with van der Waals surface area (Å²) in [6.07, 6.45) is 5.42. The molecule has 1 unspecified atom stereocenters. The maximum atomic E-state index is 10.2. The Morgan fingerprint density at radius 1 is 1.33 bits per heavy atom. The smallest absolute Gasteiger partial charge is 0.0856 e. The normalized spacial score (nSPS) is 15.7. The Morgan fingerprint density at radius 3 is 2.94 bits per heavy atom. The van der Waals surface area contributed by atoms with Crippen molar-refractivity contribution < 1.29 is 5.11 Å². The number of fused-ring (bicyclic) bond motifs is 1. The first-order chi connectivity index (χ1) is 8.72. The number of hydrogen-bond acceptors (Lipinski definition) is 3. The van der Waals surface area contributed by atoms with Gasteiger partial charge in [-0.1, -0.05) is 23.4 Å². The number of nitrogens with zero attached hydrogens (tertiary/aromatic N) is 3. The molecule has 18 heavy (non-hydrogen) atoms. The Balaban J connectivity index is 1.78. The van der Waals surface area contributed by atoms with E-state index in [4.69, 9.17) is 0 Å². The van der Waals surface area contributed by atoms with Gasteiger partial charge in [-0.3, -0.25) is 4.68 Å². The molecule has 1 aliphatic carbocycles. The number of aliphatic hydroxyl groups is 1. The molecule has 0 saturated heterocycles. The maximum absolute atomic E-state index is 10.2. The zero-order chi connectivity index (χ0) is 12.5. The van der Waals surface area contributed by atoms with Gasteiger partial charge in [0, 0.05) is 19.7 Å². The molecule has 1 heterocycles. The van der Waals surface area contributed by atoms with Crippen molar-refractivity contribution in [2.75, 3.05) is 0 Å². The van der Waals surface area contributed by atoms with Crippen LogP contribution in [0.3, 0.4) is 0 Å². The van der Waals surface area contributed by atoms with Gasteiger partial charge in [-0.15, -0.1) is 5.10 Å². The van der Waals surface area contributed by atoms with Gasteiger partial charge >= 0.3 is 0 Å². The van der Waals surface area contributed by atoms with Gasteiger partial charge in [-0.25, -0.2) is 0 Å². The van der Waals surface area contributed by atoms with Crippen LogP contribution < -0.4 is 0 Å². The molecule has 0 aliphatic heterocycles. The van der Waals surface area contributed by atoms with E-state index in [0.29, 0.717) is 6.42 Å². The minimum Gasteiger partial charge on any atom is -0.388 e. The van der Waals surface area contributed by atoms with Crippen LogP contribution >= 0.6 is 0 Å². The zero-order valence-electron chi connectivity index (χ0n) is 10.5. The fraction of sp³-hybridized carbons (Fsp3) is 0.429. The Hall–Kier alpha value is -1.68. The Morgan fingerprint density at radius 2 is 2.17 bits per heavy atom. The minimum absolute atomic E-state index is 0.493. The van der Waals surface area contributed by atoms with Crippen LogP contribution in [0, 0.1) is 0 Å². The molecular formula is C14H17N3O. The first kappa shape index (κ1) is 11.4. The molecular weight excluding hydrogens is 226 g/mol. The van der Waals surface area contributed by atoms with Crippen LogP contribution in [0.1, 0.15) is 34.9 Å². The lowest BCUT2D eigenvalue weighted by Crippen LogP contribution is -2.03. The van der Waals surface area contributed by atoms with Crippen molar-refractivity contribution in [2.45, 2.75) is 31.8 Å². The highest BCUT2D eigenvalue weighted by molar-refractivity contribution is 5.36. The minimum atomic E-state index is -0.493. The van der Waals surface area contributed by atoms with Crippen LogP contribution in [0.25, 0.3) is 0 Å². The lowest BCUT2D eigenvalue weighted by atomic mass is 10.0. The van der Waals surface area contributed by atoms with Crippen LogP contribution in [0.2, 0.25) is 0 Å². The molecule has 4 heteroatoms. The molecule has 0 radical (unpaired) electrons. The Kier molecular flexibility index (Phi) is 2.88. The van der Waals surface area contributed by atoms with E-state index in [-0.39, 0.29) is 0 Å². The molecule has 94 valence electrons. The zero-order valence-corrected chi connectivity index (χ0v) is 10.5. The Labute approximate surface area is 106 Å². The molecule has 4 nitrogen and oxygen atoms in total. The Bertz CT molecular complexity index is 562. The number of benzene rings is 1. The van der Waals surface area contributed by atoms with Gasteiger partial charge in [0.05, 0.1) is 11.8 Å². The summed E-state index contributed by atoms with van der Waals surface area (Å²) in [5, 5.41) is 18.1. The first-order valence-electron chi connectivity index (χ1n) is 6.37. The van der Waals surface area contributed by atoms with Gasteiger partial charge in [0.2, 0.25) is 0 Å². The lowest BCUT2D eigenvalue weighted by Gasteiger charge is -2.11. The monoisotopic (exact) mass is 243 g/mol. The molecule has 0 saturated carbocycles. The molecule has 0 bridgehead atoms. The molecule has 3 rings (SSSR count). The van der Waals surface area contributed by atoms with Crippen molar-refractivity contribution in [1.29, 1.82) is 0 Å². The molecule has 1 atom stereocenters.